The summed E-state index contributed by atoms with van der Waals surface area (Å²) in [5, 5.41) is 0. The minimum absolute atomic E-state index is 0.106. The molecule has 1 aliphatic rings. The van der Waals surface area contributed by atoms with Crippen LogP contribution in [0.15, 0.2) is 18.2 Å². The van der Waals surface area contributed by atoms with Gasteiger partial charge in [-0.1, -0.05) is 13.0 Å². The van der Waals surface area contributed by atoms with Gasteiger partial charge in [0, 0.05) is 19.0 Å². The zero-order valence-corrected chi connectivity index (χ0v) is 14.7. The molecular formula is C19H30N2O2. The van der Waals surface area contributed by atoms with E-state index < -0.39 is 0 Å². The standard InChI is InChI=1S/C19H30N2O2/c1-4-16-7-5-6-12-21(16)19(22)11-9-15-8-10-18(17(20)13-15)23-14(2)3/h8,10,13-14,16H,4-7,9,11-12,20H2,1-3H3. The first-order valence-electron chi connectivity index (χ1n) is 8.85. The summed E-state index contributed by atoms with van der Waals surface area (Å²) in [5.74, 6) is 0.995. The summed E-state index contributed by atoms with van der Waals surface area (Å²) in [6.45, 7) is 7.05. The van der Waals surface area contributed by atoms with E-state index in [9.17, 15) is 4.79 Å². The summed E-state index contributed by atoms with van der Waals surface area (Å²) in [7, 11) is 0. The lowest BCUT2D eigenvalue weighted by atomic mass is 9.99. The first-order valence-corrected chi connectivity index (χ1v) is 8.85. The molecule has 0 radical (unpaired) electrons. The highest BCUT2D eigenvalue weighted by atomic mass is 16.5. The number of carbonyl (C=O) groups excluding carboxylic acids is 1. The van der Waals surface area contributed by atoms with Crippen molar-refractivity contribution in [2.24, 2.45) is 0 Å². The number of nitrogen functional groups attached to an aromatic ring is 1. The topological polar surface area (TPSA) is 55.6 Å². The summed E-state index contributed by atoms with van der Waals surface area (Å²) < 4.78 is 5.65. The van der Waals surface area contributed by atoms with Gasteiger partial charge in [0.05, 0.1) is 11.8 Å². The summed E-state index contributed by atoms with van der Waals surface area (Å²) in [5.41, 5.74) is 7.78. The molecule has 1 fully saturated rings. The number of nitrogens with zero attached hydrogens (tertiary/aromatic N) is 1. The van der Waals surface area contributed by atoms with Crippen LogP contribution in [-0.2, 0) is 11.2 Å². The molecule has 23 heavy (non-hydrogen) atoms. The molecule has 4 heteroatoms. The number of likely N-dealkylation sites (tertiary alicyclic amines) is 1. The van der Waals surface area contributed by atoms with E-state index in [1.807, 2.05) is 32.0 Å². The maximum absolute atomic E-state index is 12.5. The molecular weight excluding hydrogens is 288 g/mol. The van der Waals surface area contributed by atoms with Crippen molar-refractivity contribution >= 4 is 11.6 Å². The third kappa shape index (κ3) is 4.88. The number of nitrogens with two attached hydrogens (primary N) is 1. The summed E-state index contributed by atoms with van der Waals surface area (Å²) in [6.07, 6.45) is 5.98. The van der Waals surface area contributed by atoms with Crippen LogP contribution >= 0.6 is 0 Å². The number of ether oxygens (including phenoxy) is 1. The second-order valence-electron chi connectivity index (χ2n) is 6.68. The summed E-state index contributed by atoms with van der Waals surface area (Å²) in [4.78, 5) is 14.6. The van der Waals surface area contributed by atoms with Gasteiger partial charge in [0.2, 0.25) is 5.91 Å². The van der Waals surface area contributed by atoms with E-state index >= 15 is 0 Å². The summed E-state index contributed by atoms with van der Waals surface area (Å²) in [6, 6.07) is 6.28. The first kappa shape index (κ1) is 17.6. The van der Waals surface area contributed by atoms with Crippen LogP contribution in [0.4, 0.5) is 5.69 Å². The fourth-order valence-corrected chi connectivity index (χ4v) is 3.26. The minimum Gasteiger partial charge on any atom is -0.489 e. The lowest BCUT2D eigenvalue weighted by Gasteiger charge is -2.35. The molecule has 1 aliphatic heterocycles. The third-order valence-corrected chi connectivity index (χ3v) is 4.48. The van der Waals surface area contributed by atoms with Gasteiger partial charge in [-0.25, -0.2) is 0 Å². The van der Waals surface area contributed by atoms with E-state index in [0.717, 1.165) is 43.5 Å². The first-order chi connectivity index (χ1) is 11.0. The number of aryl methyl sites for hydroxylation is 1. The number of piperidine rings is 1. The van der Waals surface area contributed by atoms with Gasteiger partial charge in [0.1, 0.15) is 5.75 Å². The van der Waals surface area contributed by atoms with E-state index in [4.69, 9.17) is 10.5 Å². The molecule has 1 heterocycles. The Hall–Kier alpha value is -1.71. The van der Waals surface area contributed by atoms with Crippen LogP contribution in [0.3, 0.4) is 0 Å². The normalized spacial score (nSPS) is 18.3. The van der Waals surface area contributed by atoms with Crippen molar-refractivity contribution in [3.8, 4) is 5.75 Å². The Morgan fingerprint density at radius 2 is 2.17 bits per heavy atom. The van der Waals surface area contributed by atoms with E-state index in [1.54, 1.807) is 0 Å². The molecule has 1 atom stereocenters. The average Bonchev–Trinajstić information content (AvgIpc) is 2.54. The summed E-state index contributed by atoms with van der Waals surface area (Å²) >= 11 is 0. The molecule has 2 N–H and O–H groups in total. The van der Waals surface area contributed by atoms with Crippen LogP contribution in [0.1, 0.15) is 58.4 Å². The van der Waals surface area contributed by atoms with E-state index in [1.165, 1.54) is 6.42 Å². The van der Waals surface area contributed by atoms with E-state index in [0.29, 0.717) is 18.2 Å². The van der Waals surface area contributed by atoms with Crippen LogP contribution in [0, 0.1) is 0 Å². The average molecular weight is 318 g/mol. The maximum atomic E-state index is 12.5. The maximum Gasteiger partial charge on any atom is 0.223 e. The molecule has 0 bridgehead atoms. The van der Waals surface area contributed by atoms with Gasteiger partial charge in [-0.3, -0.25) is 4.79 Å². The molecule has 1 aromatic rings. The Balaban J connectivity index is 1.92. The number of amides is 1. The molecule has 0 aliphatic carbocycles. The molecule has 1 aromatic carbocycles. The predicted molar refractivity (Wildman–Crippen MR) is 94.6 cm³/mol. The largest absolute Gasteiger partial charge is 0.489 e. The second kappa shape index (κ2) is 8.23. The van der Waals surface area contributed by atoms with Crippen LogP contribution in [0.2, 0.25) is 0 Å². The van der Waals surface area contributed by atoms with Gasteiger partial charge in [-0.2, -0.15) is 0 Å². The van der Waals surface area contributed by atoms with Gasteiger partial charge in [0.25, 0.3) is 0 Å². The minimum atomic E-state index is 0.106. The number of hydrogen-bond donors (Lipinski definition) is 1. The molecule has 0 aromatic heterocycles. The Morgan fingerprint density at radius 1 is 1.39 bits per heavy atom. The van der Waals surface area contributed by atoms with Gasteiger partial charge in [-0.15, -0.1) is 0 Å². The molecule has 1 saturated heterocycles. The number of anilines is 1. The molecule has 0 spiro atoms. The number of carbonyl (C=O) groups is 1. The monoisotopic (exact) mass is 318 g/mol. The SMILES string of the molecule is CCC1CCCCN1C(=O)CCc1ccc(OC(C)C)c(N)c1. The van der Waals surface area contributed by atoms with Crippen molar-refractivity contribution < 1.29 is 9.53 Å². The quantitative estimate of drug-likeness (QED) is 0.812. The van der Waals surface area contributed by atoms with E-state index in [2.05, 4.69) is 11.8 Å². The van der Waals surface area contributed by atoms with Gasteiger partial charge >= 0.3 is 0 Å². The molecule has 128 valence electrons. The van der Waals surface area contributed by atoms with Crippen molar-refractivity contribution in [2.45, 2.75) is 71.4 Å². The predicted octanol–water partition coefficient (Wildman–Crippen LogP) is 3.78. The van der Waals surface area contributed by atoms with Crippen LogP contribution in [0.25, 0.3) is 0 Å². The third-order valence-electron chi connectivity index (χ3n) is 4.48. The smallest absolute Gasteiger partial charge is 0.223 e. The zero-order valence-electron chi connectivity index (χ0n) is 14.7. The highest BCUT2D eigenvalue weighted by Gasteiger charge is 2.24. The molecule has 1 unspecified atom stereocenters. The number of hydrogen-bond acceptors (Lipinski definition) is 3. The van der Waals surface area contributed by atoms with Crippen LogP contribution < -0.4 is 10.5 Å². The fourth-order valence-electron chi connectivity index (χ4n) is 3.26. The van der Waals surface area contributed by atoms with Crippen molar-refractivity contribution in [2.75, 3.05) is 12.3 Å². The molecule has 4 nitrogen and oxygen atoms in total. The van der Waals surface area contributed by atoms with E-state index in [-0.39, 0.29) is 12.0 Å². The number of benzene rings is 1. The lowest BCUT2D eigenvalue weighted by molar-refractivity contribution is -0.134. The lowest BCUT2D eigenvalue weighted by Crippen LogP contribution is -2.43. The highest BCUT2D eigenvalue weighted by molar-refractivity contribution is 5.77. The van der Waals surface area contributed by atoms with Crippen molar-refractivity contribution in [1.29, 1.82) is 0 Å². The number of rotatable bonds is 6. The zero-order chi connectivity index (χ0) is 16.8. The fraction of sp³-hybridized carbons (Fsp3) is 0.632. The Morgan fingerprint density at radius 3 is 2.83 bits per heavy atom. The Kier molecular flexibility index (Phi) is 6.31. The second-order valence-corrected chi connectivity index (χ2v) is 6.68. The van der Waals surface area contributed by atoms with Crippen LogP contribution in [0.5, 0.6) is 5.75 Å². The highest BCUT2D eigenvalue weighted by Crippen LogP contribution is 2.25. The van der Waals surface area contributed by atoms with Crippen molar-refractivity contribution in [1.82, 2.24) is 4.90 Å². The van der Waals surface area contributed by atoms with Gasteiger partial charge in [-0.05, 0) is 63.6 Å². The van der Waals surface area contributed by atoms with Crippen molar-refractivity contribution in [3.05, 3.63) is 23.8 Å². The van der Waals surface area contributed by atoms with Gasteiger partial charge in [0.15, 0.2) is 0 Å². The molecule has 0 saturated carbocycles. The molecule has 2 rings (SSSR count). The van der Waals surface area contributed by atoms with Gasteiger partial charge < -0.3 is 15.4 Å². The molecule has 1 amide bonds. The Bertz CT molecular complexity index is 528. The van der Waals surface area contributed by atoms with Crippen LogP contribution in [-0.4, -0.2) is 29.5 Å². The Labute approximate surface area is 140 Å². The van der Waals surface area contributed by atoms with Crippen molar-refractivity contribution in [3.63, 3.8) is 0 Å².